The van der Waals surface area contributed by atoms with Gasteiger partial charge in [0.05, 0.1) is 10.7 Å². The number of pyridine rings is 1. The predicted octanol–water partition coefficient (Wildman–Crippen LogP) is 3.86. The van der Waals surface area contributed by atoms with Crippen molar-refractivity contribution in [2.24, 2.45) is 0 Å². The molecular weight excluding hydrogens is 258 g/mol. The van der Waals surface area contributed by atoms with E-state index in [-0.39, 0.29) is 0 Å². The molecule has 1 rings (SSSR count). The van der Waals surface area contributed by atoms with Gasteiger partial charge in [-0.25, -0.2) is 4.98 Å². The van der Waals surface area contributed by atoms with E-state index in [9.17, 15) is 0 Å². The van der Waals surface area contributed by atoms with Gasteiger partial charge in [0, 0.05) is 19.1 Å². The largest absolute Gasteiger partial charge is 0.354 e. The number of unbranched alkanes of at least 4 members (excludes halogenated alkanes) is 1. The number of nitrogens with zero attached hydrogens (tertiary/aromatic N) is 2. The molecule has 0 fully saturated rings. The second kappa shape index (κ2) is 8.39. The maximum Gasteiger partial charge on any atom is 0.129 e. The molecule has 1 unspecified atom stereocenters. The lowest BCUT2D eigenvalue weighted by Gasteiger charge is -2.30. The van der Waals surface area contributed by atoms with Crippen molar-refractivity contribution in [3.8, 4) is 0 Å². The van der Waals surface area contributed by atoms with Crippen molar-refractivity contribution in [3.63, 3.8) is 0 Å². The Kier molecular flexibility index (Phi) is 7.17. The summed E-state index contributed by atoms with van der Waals surface area (Å²) in [6.45, 7) is 8.45. The van der Waals surface area contributed by atoms with Gasteiger partial charge in [-0.15, -0.1) is 0 Å². The number of anilines is 1. The molecule has 19 heavy (non-hydrogen) atoms. The van der Waals surface area contributed by atoms with Crippen molar-refractivity contribution in [1.82, 2.24) is 10.3 Å². The topological polar surface area (TPSA) is 28.2 Å². The van der Waals surface area contributed by atoms with Crippen LogP contribution in [-0.2, 0) is 6.54 Å². The van der Waals surface area contributed by atoms with Crippen LogP contribution < -0.4 is 10.2 Å². The molecule has 0 spiro atoms. The van der Waals surface area contributed by atoms with E-state index in [0.29, 0.717) is 12.6 Å². The first kappa shape index (κ1) is 16.3. The van der Waals surface area contributed by atoms with Crippen molar-refractivity contribution in [2.45, 2.75) is 52.6 Å². The van der Waals surface area contributed by atoms with Crippen LogP contribution in [0.2, 0.25) is 5.02 Å². The highest BCUT2D eigenvalue weighted by molar-refractivity contribution is 6.31. The molecule has 0 bridgehead atoms. The highest BCUT2D eigenvalue weighted by atomic mass is 35.5. The summed E-state index contributed by atoms with van der Waals surface area (Å²) in [5.74, 6) is 1.04. The molecule has 0 aromatic carbocycles. The quantitative estimate of drug-likeness (QED) is 0.785. The summed E-state index contributed by atoms with van der Waals surface area (Å²) >= 11 is 6.18. The standard InChI is InChI=1S/C15H26ClN3/c1-5-7-10-19(12(3)6-2)15-9-8-13(16)14(18-15)11-17-4/h8-9,12,17H,5-7,10-11H2,1-4H3. The van der Waals surface area contributed by atoms with Crippen LogP contribution in [0.25, 0.3) is 0 Å². The Morgan fingerprint density at radius 2 is 2.11 bits per heavy atom. The average Bonchev–Trinajstić information content (AvgIpc) is 2.42. The lowest BCUT2D eigenvalue weighted by Crippen LogP contribution is -2.34. The van der Waals surface area contributed by atoms with E-state index in [2.05, 4.69) is 31.0 Å². The number of hydrogen-bond acceptors (Lipinski definition) is 3. The van der Waals surface area contributed by atoms with E-state index < -0.39 is 0 Å². The summed E-state index contributed by atoms with van der Waals surface area (Å²) in [5, 5.41) is 3.85. The van der Waals surface area contributed by atoms with Gasteiger partial charge in [-0.05, 0) is 38.9 Å². The normalized spacial score (nSPS) is 12.5. The van der Waals surface area contributed by atoms with Crippen molar-refractivity contribution in [3.05, 3.63) is 22.8 Å². The Morgan fingerprint density at radius 3 is 2.68 bits per heavy atom. The lowest BCUT2D eigenvalue weighted by atomic mass is 10.2. The second-order valence-electron chi connectivity index (χ2n) is 4.93. The molecule has 1 heterocycles. The molecule has 4 heteroatoms. The van der Waals surface area contributed by atoms with Gasteiger partial charge in [0.15, 0.2) is 0 Å². The Bertz CT molecular complexity index is 382. The zero-order valence-electron chi connectivity index (χ0n) is 12.5. The second-order valence-corrected chi connectivity index (χ2v) is 5.34. The highest BCUT2D eigenvalue weighted by Crippen LogP contribution is 2.22. The highest BCUT2D eigenvalue weighted by Gasteiger charge is 2.15. The molecule has 0 radical (unpaired) electrons. The maximum atomic E-state index is 6.18. The van der Waals surface area contributed by atoms with E-state index >= 15 is 0 Å². The zero-order chi connectivity index (χ0) is 14.3. The van der Waals surface area contributed by atoms with E-state index in [1.54, 1.807) is 0 Å². The maximum absolute atomic E-state index is 6.18. The fourth-order valence-electron chi connectivity index (χ4n) is 2.03. The summed E-state index contributed by atoms with van der Waals surface area (Å²) in [5.41, 5.74) is 0.923. The van der Waals surface area contributed by atoms with Crippen molar-refractivity contribution >= 4 is 17.4 Å². The van der Waals surface area contributed by atoms with Crippen molar-refractivity contribution < 1.29 is 0 Å². The SMILES string of the molecule is CCCCN(c1ccc(Cl)c(CNC)n1)C(C)CC. The summed E-state index contributed by atoms with van der Waals surface area (Å²) in [4.78, 5) is 7.10. The van der Waals surface area contributed by atoms with E-state index in [1.165, 1.54) is 12.8 Å². The number of nitrogens with one attached hydrogen (secondary N) is 1. The summed E-state index contributed by atoms with van der Waals surface area (Å²) in [7, 11) is 1.91. The average molecular weight is 284 g/mol. The Hall–Kier alpha value is -0.800. The van der Waals surface area contributed by atoms with Gasteiger partial charge in [-0.3, -0.25) is 0 Å². The van der Waals surface area contributed by atoms with Gasteiger partial charge in [0.1, 0.15) is 5.82 Å². The van der Waals surface area contributed by atoms with Crippen LogP contribution in [0.1, 0.15) is 45.7 Å². The zero-order valence-corrected chi connectivity index (χ0v) is 13.3. The van der Waals surface area contributed by atoms with Gasteiger partial charge in [0.2, 0.25) is 0 Å². The Morgan fingerprint density at radius 1 is 1.37 bits per heavy atom. The van der Waals surface area contributed by atoms with Gasteiger partial charge < -0.3 is 10.2 Å². The smallest absolute Gasteiger partial charge is 0.129 e. The molecule has 0 aliphatic heterocycles. The number of halogens is 1. The van der Waals surface area contributed by atoms with Crippen LogP contribution in [-0.4, -0.2) is 24.6 Å². The number of hydrogen-bond donors (Lipinski definition) is 1. The first-order valence-electron chi connectivity index (χ1n) is 7.20. The fourth-order valence-corrected chi connectivity index (χ4v) is 2.21. The van der Waals surface area contributed by atoms with Crippen molar-refractivity contribution in [2.75, 3.05) is 18.5 Å². The predicted molar refractivity (Wildman–Crippen MR) is 84.0 cm³/mol. The third-order valence-corrected chi connectivity index (χ3v) is 3.76. The molecule has 0 aliphatic rings. The monoisotopic (exact) mass is 283 g/mol. The summed E-state index contributed by atoms with van der Waals surface area (Å²) < 4.78 is 0. The van der Waals surface area contributed by atoms with E-state index in [4.69, 9.17) is 16.6 Å². The first-order chi connectivity index (χ1) is 9.13. The molecule has 1 aromatic rings. The molecule has 0 aliphatic carbocycles. The molecule has 0 saturated heterocycles. The van der Waals surface area contributed by atoms with Gasteiger partial charge >= 0.3 is 0 Å². The fraction of sp³-hybridized carbons (Fsp3) is 0.667. The van der Waals surface area contributed by atoms with Crippen LogP contribution in [0.4, 0.5) is 5.82 Å². The minimum Gasteiger partial charge on any atom is -0.354 e. The van der Waals surface area contributed by atoms with Gasteiger partial charge in [0.25, 0.3) is 0 Å². The third-order valence-electron chi connectivity index (χ3n) is 3.42. The van der Waals surface area contributed by atoms with Gasteiger partial charge in [-0.1, -0.05) is 31.9 Å². The molecule has 3 nitrogen and oxygen atoms in total. The number of aromatic nitrogens is 1. The minimum atomic E-state index is 0.502. The Labute approximate surface area is 122 Å². The summed E-state index contributed by atoms with van der Waals surface area (Å²) in [6, 6.07) is 4.49. The van der Waals surface area contributed by atoms with Crippen LogP contribution in [0.15, 0.2) is 12.1 Å². The van der Waals surface area contributed by atoms with Gasteiger partial charge in [-0.2, -0.15) is 0 Å². The summed E-state index contributed by atoms with van der Waals surface area (Å²) in [6.07, 6.45) is 3.51. The lowest BCUT2D eigenvalue weighted by molar-refractivity contribution is 0.588. The van der Waals surface area contributed by atoms with Crippen LogP contribution >= 0.6 is 11.6 Å². The molecular formula is C15H26ClN3. The molecule has 0 saturated carbocycles. The third kappa shape index (κ3) is 4.66. The van der Waals surface area contributed by atoms with Crippen LogP contribution in [0.5, 0.6) is 0 Å². The van der Waals surface area contributed by atoms with Crippen molar-refractivity contribution in [1.29, 1.82) is 0 Å². The Balaban J connectivity index is 2.97. The van der Waals surface area contributed by atoms with E-state index in [1.807, 2.05) is 19.2 Å². The minimum absolute atomic E-state index is 0.502. The van der Waals surface area contributed by atoms with E-state index in [0.717, 1.165) is 29.5 Å². The molecule has 1 N–H and O–H groups in total. The molecule has 1 atom stereocenters. The molecule has 0 amide bonds. The first-order valence-corrected chi connectivity index (χ1v) is 7.58. The molecule has 1 aromatic heterocycles. The van der Waals surface area contributed by atoms with Crippen LogP contribution in [0.3, 0.4) is 0 Å². The molecule has 108 valence electrons. The number of rotatable bonds is 8. The van der Waals surface area contributed by atoms with Crippen LogP contribution in [0, 0.1) is 0 Å².